The van der Waals surface area contributed by atoms with E-state index in [0.29, 0.717) is 11.7 Å². The molecule has 0 spiro atoms. The lowest BCUT2D eigenvalue weighted by atomic mass is 9.90. The van der Waals surface area contributed by atoms with E-state index in [1.54, 1.807) is 6.07 Å². The molecule has 2 fully saturated rings. The molecule has 2 aliphatic rings. The third-order valence-corrected chi connectivity index (χ3v) is 6.67. The lowest BCUT2D eigenvalue weighted by Gasteiger charge is -2.41. The number of aromatic hydroxyl groups is 1. The molecule has 2 aromatic rings. The fourth-order valence-corrected chi connectivity index (χ4v) is 5.21. The minimum absolute atomic E-state index is 0.399. The standard InChI is InChI=1S/C25H35N3O/c29-25-13-5-4-10-23(25)20-27(17-21-8-6-14-26-16-21)18-22-9-7-15-28(19-22)24-11-2-1-3-12-24/h4-6,8,10,13-14,16,22,24,29H,1-3,7,9,11-12,15,17-20H2/t22-/m1/s1. The van der Waals surface area contributed by atoms with E-state index in [9.17, 15) is 5.11 Å². The van der Waals surface area contributed by atoms with Gasteiger partial charge in [0.15, 0.2) is 0 Å². The van der Waals surface area contributed by atoms with Crippen LogP contribution < -0.4 is 0 Å². The van der Waals surface area contributed by atoms with E-state index in [4.69, 9.17) is 0 Å². The summed E-state index contributed by atoms with van der Waals surface area (Å²) in [6, 6.07) is 12.7. The fourth-order valence-electron chi connectivity index (χ4n) is 5.21. The summed E-state index contributed by atoms with van der Waals surface area (Å²) in [7, 11) is 0. The molecule has 1 saturated carbocycles. The highest BCUT2D eigenvalue weighted by Gasteiger charge is 2.28. The zero-order valence-electron chi connectivity index (χ0n) is 17.5. The van der Waals surface area contributed by atoms with Crippen LogP contribution in [0.5, 0.6) is 5.75 Å². The van der Waals surface area contributed by atoms with E-state index in [1.165, 1.54) is 63.6 Å². The van der Waals surface area contributed by atoms with Crippen LogP contribution in [0.1, 0.15) is 56.1 Å². The predicted molar refractivity (Wildman–Crippen MR) is 118 cm³/mol. The highest BCUT2D eigenvalue weighted by atomic mass is 16.3. The fraction of sp³-hybridized carbons (Fsp3) is 0.560. The van der Waals surface area contributed by atoms with Gasteiger partial charge in [-0.3, -0.25) is 9.88 Å². The van der Waals surface area contributed by atoms with Gasteiger partial charge in [-0.25, -0.2) is 0 Å². The van der Waals surface area contributed by atoms with Crippen molar-refractivity contribution in [1.82, 2.24) is 14.8 Å². The molecule has 4 heteroatoms. The molecule has 156 valence electrons. The summed E-state index contributed by atoms with van der Waals surface area (Å²) in [5.74, 6) is 1.10. The number of likely N-dealkylation sites (tertiary alicyclic amines) is 1. The van der Waals surface area contributed by atoms with Gasteiger partial charge in [-0.2, -0.15) is 0 Å². The summed E-state index contributed by atoms with van der Waals surface area (Å²) in [6.07, 6.45) is 13.5. The van der Waals surface area contributed by atoms with Crippen LogP contribution in [0.15, 0.2) is 48.8 Å². The summed E-state index contributed by atoms with van der Waals surface area (Å²) in [4.78, 5) is 9.59. The van der Waals surface area contributed by atoms with Gasteiger partial charge in [0, 0.05) is 50.2 Å². The smallest absolute Gasteiger partial charge is 0.120 e. The van der Waals surface area contributed by atoms with Gasteiger partial charge in [-0.1, -0.05) is 43.5 Å². The number of nitrogens with zero attached hydrogens (tertiary/aromatic N) is 3. The van der Waals surface area contributed by atoms with E-state index >= 15 is 0 Å². The van der Waals surface area contributed by atoms with Crippen molar-refractivity contribution in [2.45, 2.75) is 64.1 Å². The molecule has 0 bridgehead atoms. The van der Waals surface area contributed by atoms with Gasteiger partial charge in [-0.15, -0.1) is 0 Å². The molecule has 1 aromatic heterocycles. The Kier molecular flexibility index (Phi) is 7.18. The maximum Gasteiger partial charge on any atom is 0.120 e. The number of hydrogen-bond donors (Lipinski definition) is 1. The molecule has 1 N–H and O–H groups in total. The highest BCUT2D eigenvalue weighted by molar-refractivity contribution is 5.31. The van der Waals surface area contributed by atoms with Crippen LogP contribution in [0.2, 0.25) is 0 Å². The summed E-state index contributed by atoms with van der Waals surface area (Å²) in [5, 5.41) is 10.3. The Labute approximate surface area is 175 Å². The molecular weight excluding hydrogens is 358 g/mol. The van der Waals surface area contributed by atoms with Crippen LogP contribution >= 0.6 is 0 Å². The zero-order valence-corrected chi connectivity index (χ0v) is 17.5. The molecule has 29 heavy (non-hydrogen) atoms. The molecule has 1 aliphatic heterocycles. The first-order valence-electron chi connectivity index (χ1n) is 11.4. The Bertz CT molecular complexity index is 745. The van der Waals surface area contributed by atoms with Crippen LogP contribution in [0, 0.1) is 5.92 Å². The average molecular weight is 394 g/mol. The largest absolute Gasteiger partial charge is 0.508 e. The number of phenolic OH excluding ortho intramolecular Hbond substituents is 1. The van der Waals surface area contributed by atoms with Crippen LogP contribution in [0.25, 0.3) is 0 Å². The van der Waals surface area contributed by atoms with Crippen LogP contribution in [0.3, 0.4) is 0 Å². The van der Waals surface area contributed by atoms with Crippen molar-refractivity contribution in [3.8, 4) is 5.75 Å². The minimum atomic E-state index is 0.399. The van der Waals surface area contributed by atoms with Crippen molar-refractivity contribution >= 4 is 0 Å². The van der Waals surface area contributed by atoms with Crippen molar-refractivity contribution < 1.29 is 5.11 Å². The van der Waals surface area contributed by atoms with Gasteiger partial charge in [0.25, 0.3) is 0 Å². The van der Waals surface area contributed by atoms with E-state index in [-0.39, 0.29) is 0 Å². The van der Waals surface area contributed by atoms with Crippen molar-refractivity contribution in [3.63, 3.8) is 0 Å². The molecule has 2 heterocycles. The van der Waals surface area contributed by atoms with Crippen molar-refractivity contribution in [3.05, 3.63) is 59.9 Å². The van der Waals surface area contributed by atoms with Gasteiger partial charge in [0.1, 0.15) is 5.75 Å². The van der Waals surface area contributed by atoms with Gasteiger partial charge in [-0.05, 0) is 55.8 Å². The Morgan fingerprint density at radius 1 is 0.966 bits per heavy atom. The Morgan fingerprint density at radius 3 is 2.62 bits per heavy atom. The normalized spacial score (nSPS) is 21.5. The highest BCUT2D eigenvalue weighted by Crippen LogP contribution is 2.28. The van der Waals surface area contributed by atoms with Gasteiger partial charge in [0.05, 0.1) is 0 Å². The summed E-state index contributed by atoms with van der Waals surface area (Å²) >= 11 is 0. The van der Waals surface area contributed by atoms with E-state index in [0.717, 1.165) is 31.2 Å². The average Bonchev–Trinajstić information content (AvgIpc) is 2.77. The Morgan fingerprint density at radius 2 is 1.83 bits per heavy atom. The van der Waals surface area contributed by atoms with Crippen LogP contribution in [-0.4, -0.2) is 45.6 Å². The number of benzene rings is 1. The lowest BCUT2D eigenvalue weighted by Crippen LogP contribution is -2.46. The number of para-hydroxylation sites is 1. The number of pyridine rings is 1. The number of phenols is 1. The van der Waals surface area contributed by atoms with Crippen LogP contribution in [0.4, 0.5) is 0 Å². The van der Waals surface area contributed by atoms with Gasteiger partial charge >= 0.3 is 0 Å². The van der Waals surface area contributed by atoms with Crippen molar-refractivity contribution in [2.75, 3.05) is 19.6 Å². The summed E-state index contributed by atoms with van der Waals surface area (Å²) in [5.41, 5.74) is 2.25. The molecule has 1 atom stereocenters. The van der Waals surface area contributed by atoms with Crippen molar-refractivity contribution in [2.24, 2.45) is 5.92 Å². The third-order valence-electron chi connectivity index (χ3n) is 6.67. The third kappa shape index (κ3) is 5.80. The number of aromatic nitrogens is 1. The predicted octanol–water partition coefficient (Wildman–Crippen LogP) is 4.83. The molecule has 4 rings (SSSR count). The zero-order chi connectivity index (χ0) is 19.9. The minimum Gasteiger partial charge on any atom is -0.508 e. The Hall–Kier alpha value is -1.91. The molecule has 0 amide bonds. The SMILES string of the molecule is Oc1ccccc1CN(Cc1cccnc1)C[C@H]1CCCN(C2CCCCC2)C1. The number of piperidine rings is 1. The first kappa shape index (κ1) is 20.4. The molecule has 0 radical (unpaired) electrons. The quantitative estimate of drug-likeness (QED) is 0.731. The molecule has 4 nitrogen and oxygen atoms in total. The Balaban J connectivity index is 1.43. The first-order chi connectivity index (χ1) is 14.3. The van der Waals surface area contributed by atoms with Crippen molar-refractivity contribution in [1.29, 1.82) is 0 Å². The van der Waals surface area contributed by atoms with Crippen LogP contribution in [-0.2, 0) is 13.1 Å². The first-order valence-corrected chi connectivity index (χ1v) is 11.4. The maximum atomic E-state index is 10.3. The van der Waals surface area contributed by atoms with Gasteiger partial charge in [0.2, 0.25) is 0 Å². The van der Waals surface area contributed by atoms with E-state index in [2.05, 4.69) is 20.9 Å². The molecule has 1 aliphatic carbocycles. The summed E-state index contributed by atoms with van der Waals surface area (Å²) in [6.45, 7) is 5.24. The maximum absolute atomic E-state index is 10.3. The monoisotopic (exact) mass is 393 g/mol. The lowest BCUT2D eigenvalue weighted by molar-refractivity contribution is 0.0769. The molecule has 1 aromatic carbocycles. The second-order valence-electron chi connectivity index (χ2n) is 8.95. The van der Waals surface area contributed by atoms with E-state index < -0.39 is 0 Å². The van der Waals surface area contributed by atoms with E-state index in [1.807, 2.05) is 36.7 Å². The second-order valence-corrected chi connectivity index (χ2v) is 8.95. The number of hydrogen-bond acceptors (Lipinski definition) is 4. The molecule has 1 saturated heterocycles. The second kappa shape index (κ2) is 10.2. The summed E-state index contributed by atoms with van der Waals surface area (Å²) < 4.78 is 0. The molecular formula is C25H35N3O. The van der Waals surface area contributed by atoms with Gasteiger partial charge < -0.3 is 10.0 Å². The number of rotatable bonds is 7. The molecule has 0 unspecified atom stereocenters. The topological polar surface area (TPSA) is 39.6 Å².